The van der Waals surface area contributed by atoms with Crippen molar-refractivity contribution in [2.45, 2.75) is 73.4 Å². The van der Waals surface area contributed by atoms with Gasteiger partial charge in [-0.05, 0) is 70.2 Å². The zero-order valence-electron chi connectivity index (χ0n) is 19.8. The van der Waals surface area contributed by atoms with Gasteiger partial charge in [0, 0.05) is 30.5 Å². The van der Waals surface area contributed by atoms with Crippen molar-refractivity contribution in [3.05, 3.63) is 36.0 Å². The molecule has 4 aliphatic rings. The second-order valence-corrected chi connectivity index (χ2v) is 12.6. The van der Waals surface area contributed by atoms with E-state index in [0.29, 0.717) is 37.0 Å². The summed E-state index contributed by atoms with van der Waals surface area (Å²) < 4.78 is 28.2. The minimum Gasteiger partial charge on any atom is -0.388 e. The third-order valence-electron chi connectivity index (χ3n) is 7.91. The summed E-state index contributed by atoms with van der Waals surface area (Å²) in [5, 5.41) is 17.1. The normalized spacial score (nSPS) is 28.1. The second kappa shape index (κ2) is 7.45. The van der Waals surface area contributed by atoms with Gasteiger partial charge in [0.15, 0.2) is 0 Å². The molecule has 2 unspecified atom stereocenters. The van der Waals surface area contributed by atoms with Gasteiger partial charge in [-0.2, -0.15) is 4.98 Å². The average molecular weight is 499 g/mol. The van der Waals surface area contributed by atoms with Crippen molar-refractivity contribution in [3.8, 4) is 0 Å². The predicted octanol–water partition coefficient (Wildman–Crippen LogP) is 1.54. The van der Waals surface area contributed by atoms with Crippen molar-refractivity contribution >= 4 is 33.4 Å². The van der Waals surface area contributed by atoms with Gasteiger partial charge >= 0.3 is 0 Å². The number of carbonyl (C=O) groups excluding carboxylic acids is 1. The number of benzene rings is 1. The first-order chi connectivity index (χ1) is 16.5. The molecule has 10 nitrogen and oxygen atoms in total. The number of fused-ring (bicyclic) bond motifs is 2. The number of nitrogens with zero attached hydrogens (tertiary/aromatic N) is 3. The summed E-state index contributed by atoms with van der Waals surface area (Å²) >= 11 is 0. The molecular weight excluding hydrogens is 468 g/mol. The number of aliphatic hydroxyl groups is 1. The number of anilines is 3. The predicted molar refractivity (Wildman–Crippen MR) is 130 cm³/mol. The molecule has 2 aliphatic heterocycles. The van der Waals surface area contributed by atoms with Gasteiger partial charge in [0.05, 0.1) is 27.5 Å². The van der Waals surface area contributed by atoms with Gasteiger partial charge in [0.1, 0.15) is 5.82 Å². The van der Waals surface area contributed by atoms with E-state index in [1.165, 1.54) is 12.1 Å². The van der Waals surface area contributed by atoms with Crippen LogP contribution in [-0.2, 0) is 20.2 Å². The van der Waals surface area contributed by atoms with Crippen LogP contribution < -0.4 is 20.3 Å². The number of hydrogen-bond donors (Lipinski definition) is 4. The molecule has 2 aromatic rings. The maximum atomic E-state index is 13.4. The molecule has 3 heterocycles. The van der Waals surface area contributed by atoms with Crippen LogP contribution >= 0.6 is 0 Å². The summed E-state index contributed by atoms with van der Waals surface area (Å²) in [6.07, 6.45) is 5.52. The van der Waals surface area contributed by atoms with Gasteiger partial charge in [-0.1, -0.05) is 0 Å². The van der Waals surface area contributed by atoms with Crippen LogP contribution in [0.5, 0.6) is 0 Å². The molecule has 2 aliphatic carbocycles. The Morgan fingerprint density at radius 2 is 1.86 bits per heavy atom. The summed E-state index contributed by atoms with van der Waals surface area (Å²) in [7, 11) is -3.63. The van der Waals surface area contributed by atoms with Gasteiger partial charge in [-0.25, -0.2) is 18.1 Å². The van der Waals surface area contributed by atoms with Gasteiger partial charge in [-0.3, -0.25) is 9.69 Å². The number of carbonyl (C=O) groups is 1. The number of sulfonamides is 1. The Labute approximate surface area is 204 Å². The Bertz CT molecular complexity index is 1300. The first kappa shape index (κ1) is 22.8. The van der Waals surface area contributed by atoms with Gasteiger partial charge in [0.25, 0.3) is 0 Å². The smallest absolute Gasteiger partial charge is 0.241 e. The highest BCUT2D eigenvalue weighted by molar-refractivity contribution is 7.89. The third kappa shape index (κ3) is 3.64. The molecule has 1 saturated heterocycles. The first-order valence-electron chi connectivity index (χ1n) is 12.1. The molecular formula is C24H30N6O4S. The van der Waals surface area contributed by atoms with Crippen LogP contribution in [0.1, 0.15) is 51.5 Å². The third-order valence-corrected chi connectivity index (χ3v) is 9.57. The van der Waals surface area contributed by atoms with Crippen LogP contribution in [0.15, 0.2) is 35.4 Å². The lowest BCUT2D eigenvalue weighted by atomic mass is 9.97. The Hall–Kier alpha value is -2.60. The Morgan fingerprint density at radius 1 is 1.14 bits per heavy atom. The summed E-state index contributed by atoms with van der Waals surface area (Å²) in [6.45, 7) is 4.85. The minimum atomic E-state index is -3.63. The van der Waals surface area contributed by atoms with Gasteiger partial charge in [0.2, 0.25) is 21.9 Å². The fraction of sp³-hybridized carbons (Fsp3) is 0.542. The lowest BCUT2D eigenvalue weighted by Crippen LogP contribution is -2.66. The van der Waals surface area contributed by atoms with E-state index in [-0.39, 0.29) is 16.8 Å². The quantitative estimate of drug-likeness (QED) is 0.471. The maximum absolute atomic E-state index is 13.4. The lowest BCUT2D eigenvalue weighted by molar-refractivity contribution is -0.121. The van der Waals surface area contributed by atoms with Crippen LogP contribution in [0, 0.1) is 0 Å². The van der Waals surface area contributed by atoms with E-state index < -0.39 is 26.6 Å². The number of hydrogen-bond acceptors (Lipinski definition) is 8. The Kier molecular flexibility index (Phi) is 4.86. The van der Waals surface area contributed by atoms with Crippen LogP contribution in [0.4, 0.5) is 17.5 Å². The summed E-state index contributed by atoms with van der Waals surface area (Å²) in [5.74, 6) is 0.908. The van der Waals surface area contributed by atoms with E-state index in [0.717, 1.165) is 31.2 Å². The van der Waals surface area contributed by atoms with Crippen molar-refractivity contribution in [2.24, 2.45) is 0 Å². The van der Waals surface area contributed by atoms with Gasteiger partial charge in [-0.15, -0.1) is 0 Å². The molecule has 2 saturated carbocycles. The molecule has 6 rings (SSSR count). The maximum Gasteiger partial charge on any atom is 0.241 e. The van der Waals surface area contributed by atoms with Crippen LogP contribution in [-0.4, -0.2) is 59.7 Å². The standard InChI is InChI=1S/C24H30N6O4S/c1-22(13-25-14-22)29-35(33,34)16-7-5-15(6-8-16)27-21-26-12-17-19(28-21)30(20(31)24(17)10-11-24)18-4-3-9-23(18,2)32/h5-8,12,18,25,29,32H,3-4,9-11,13-14H2,1-2H3,(H,26,27,28). The fourth-order valence-electron chi connectivity index (χ4n) is 5.63. The topological polar surface area (TPSA) is 137 Å². The fourth-order valence-corrected chi connectivity index (χ4v) is 7.04. The molecule has 35 heavy (non-hydrogen) atoms. The van der Waals surface area contributed by atoms with E-state index >= 15 is 0 Å². The molecule has 0 radical (unpaired) electrons. The van der Waals surface area contributed by atoms with E-state index in [1.807, 2.05) is 6.92 Å². The Balaban J connectivity index is 1.25. The van der Waals surface area contributed by atoms with Crippen molar-refractivity contribution in [3.63, 3.8) is 0 Å². The molecule has 186 valence electrons. The monoisotopic (exact) mass is 498 g/mol. The summed E-state index contributed by atoms with van der Waals surface area (Å²) in [6, 6.07) is 6.11. The summed E-state index contributed by atoms with van der Waals surface area (Å²) in [4.78, 5) is 24.4. The van der Waals surface area contributed by atoms with Crippen molar-refractivity contribution in [2.75, 3.05) is 23.3 Å². The van der Waals surface area contributed by atoms with Crippen molar-refractivity contribution < 1.29 is 18.3 Å². The molecule has 1 spiro atoms. The highest BCUT2D eigenvalue weighted by Gasteiger charge is 2.63. The molecule has 1 aromatic heterocycles. The number of amides is 1. The molecule has 3 fully saturated rings. The SMILES string of the molecule is CC1(NS(=O)(=O)c2ccc(Nc3ncc4c(n3)N(C3CCCC3(C)O)C(=O)C43CC3)cc2)CNC1. The molecule has 2 atom stereocenters. The molecule has 1 amide bonds. The van der Waals surface area contributed by atoms with Crippen LogP contribution in [0.3, 0.4) is 0 Å². The van der Waals surface area contributed by atoms with Crippen molar-refractivity contribution in [1.29, 1.82) is 0 Å². The van der Waals surface area contributed by atoms with E-state index in [9.17, 15) is 18.3 Å². The largest absolute Gasteiger partial charge is 0.388 e. The Morgan fingerprint density at radius 3 is 2.43 bits per heavy atom. The van der Waals surface area contributed by atoms with Crippen molar-refractivity contribution in [1.82, 2.24) is 20.0 Å². The zero-order chi connectivity index (χ0) is 24.6. The molecule has 1 aromatic carbocycles. The van der Waals surface area contributed by atoms with Gasteiger partial charge < -0.3 is 15.7 Å². The lowest BCUT2D eigenvalue weighted by Gasteiger charge is -2.39. The van der Waals surface area contributed by atoms with E-state index in [2.05, 4.69) is 20.3 Å². The number of nitrogens with one attached hydrogen (secondary N) is 3. The molecule has 11 heteroatoms. The molecule has 0 bridgehead atoms. The zero-order valence-corrected chi connectivity index (χ0v) is 20.7. The second-order valence-electron chi connectivity index (χ2n) is 10.9. The molecule has 4 N–H and O–H groups in total. The minimum absolute atomic E-state index is 0.0172. The van der Waals surface area contributed by atoms with Crippen LogP contribution in [0.2, 0.25) is 0 Å². The first-order valence-corrected chi connectivity index (χ1v) is 13.6. The van der Waals surface area contributed by atoms with Crippen LogP contribution in [0.25, 0.3) is 0 Å². The highest BCUT2D eigenvalue weighted by atomic mass is 32.2. The average Bonchev–Trinajstić information content (AvgIpc) is 3.46. The summed E-state index contributed by atoms with van der Waals surface area (Å²) in [5.41, 5.74) is -0.497. The van der Waals surface area contributed by atoms with E-state index in [4.69, 9.17) is 4.98 Å². The highest BCUT2D eigenvalue weighted by Crippen LogP contribution is 2.58. The van der Waals surface area contributed by atoms with E-state index in [1.54, 1.807) is 30.2 Å². The number of aromatic nitrogens is 2. The number of rotatable bonds is 6.